The maximum absolute atomic E-state index is 12.5. The quantitative estimate of drug-likeness (QED) is 0.732. The summed E-state index contributed by atoms with van der Waals surface area (Å²) in [5.74, 6) is -1.45. The van der Waals surface area contributed by atoms with Crippen molar-refractivity contribution < 1.29 is 14.7 Å². The number of nitrogens with one attached hydrogen (secondary N) is 1. The molecule has 3 aromatic rings. The molecule has 2 aromatic carbocycles. The molecule has 0 aliphatic rings. The Balaban J connectivity index is 1.98. The van der Waals surface area contributed by atoms with Gasteiger partial charge in [0.15, 0.2) is 0 Å². The molecule has 0 saturated heterocycles. The third kappa shape index (κ3) is 2.85. The van der Waals surface area contributed by atoms with E-state index in [1.54, 1.807) is 29.8 Å². The number of carbonyl (C=O) groups is 2. The Kier molecular flexibility index (Phi) is 3.92. The summed E-state index contributed by atoms with van der Waals surface area (Å²) in [6.45, 7) is 0. The largest absolute Gasteiger partial charge is 0.478 e. The minimum Gasteiger partial charge on any atom is -0.478 e. The highest BCUT2D eigenvalue weighted by atomic mass is 79.9. The van der Waals surface area contributed by atoms with Crippen molar-refractivity contribution in [3.63, 3.8) is 0 Å². The summed E-state index contributed by atoms with van der Waals surface area (Å²) < 4.78 is 2.42. The lowest BCUT2D eigenvalue weighted by atomic mass is 10.1. The summed E-state index contributed by atoms with van der Waals surface area (Å²) in [7, 11) is 1.80. The summed E-state index contributed by atoms with van der Waals surface area (Å²) >= 11 is 3.23. The normalized spacial score (nSPS) is 10.7. The smallest absolute Gasteiger partial charge is 0.337 e. The number of benzene rings is 2. The number of halogens is 1. The number of fused-ring (bicyclic) bond motifs is 1. The molecule has 1 amide bonds. The fourth-order valence-corrected chi connectivity index (χ4v) is 2.86. The first-order valence-corrected chi connectivity index (χ1v) is 7.65. The SMILES string of the molecule is Cn1c(C(=O)Nc2ccc(Br)cc2C(=O)O)cc2ccccc21. The van der Waals surface area contributed by atoms with E-state index in [1.807, 2.05) is 24.3 Å². The van der Waals surface area contributed by atoms with Crippen LogP contribution in [-0.4, -0.2) is 21.6 Å². The van der Waals surface area contributed by atoms with Crippen LogP contribution in [0, 0.1) is 0 Å². The Hall–Kier alpha value is -2.60. The number of amides is 1. The summed E-state index contributed by atoms with van der Waals surface area (Å²) in [6.07, 6.45) is 0. The number of hydrogen-bond acceptors (Lipinski definition) is 2. The van der Waals surface area contributed by atoms with Gasteiger partial charge in [-0.15, -0.1) is 0 Å². The molecule has 0 aliphatic heterocycles. The second-order valence-electron chi connectivity index (χ2n) is 5.10. The minimum atomic E-state index is -1.10. The van der Waals surface area contributed by atoms with Crippen LogP contribution in [0.3, 0.4) is 0 Å². The van der Waals surface area contributed by atoms with Crippen molar-refractivity contribution in [2.75, 3.05) is 5.32 Å². The number of rotatable bonds is 3. The topological polar surface area (TPSA) is 71.3 Å². The number of para-hydroxylation sites is 1. The van der Waals surface area contributed by atoms with Crippen molar-refractivity contribution in [2.45, 2.75) is 0 Å². The lowest BCUT2D eigenvalue weighted by molar-refractivity contribution is 0.0698. The Labute approximate surface area is 140 Å². The van der Waals surface area contributed by atoms with Gasteiger partial charge in [0.2, 0.25) is 0 Å². The molecule has 0 fully saturated rings. The van der Waals surface area contributed by atoms with Crippen LogP contribution in [0.1, 0.15) is 20.8 Å². The van der Waals surface area contributed by atoms with Crippen LogP contribution in [0.25, 0.3) is 10.9 Å². The zero-order valence-electron chi connectivity index (χ0n) is 12.2. The van der Waals surface area contributed by atoms with Gasteiger partial charge in [-0.1, -0.05) is 34.1 Å². The second kappa shape index (κ2) is 5.89. The highest BCUT2D eigenvalue weighted by molar-refractivity contribution is 9.10. The maximum Gasteiger partial charge on any atom is 0.337 e. The fraction of sp³-hybridized carbons (Fsp3) is 0.0588. The Morgan fingerprint density at radius 2 is 1.87 bits per heavy atom. The van der Waals surface area contributed by atoms with Crippen LogP contribution in [-0.2, 0) is 7.05 Å². The van der Waals surface area contributed by atoms with Gasteiger partial charge < -0.3 is 15.0 Å². The van der Waals surface area contributed by atoms with Crippen LogP contribution in [0.15, 0.2) is 53.0 Å². The molecule has 3 rings (SSSR count). The number of aromatic carboxylic acids is 1. The van der Waals surface area contributed by atoms with Crippen molar-refractivity contribution in [3.05, 3.63) is 64.3 Å². The first-order chi connectivity index (χ1) is 11.0. The van der Waals surface area contributed by atoms with Gasteiger partial charge in [0.1, 0.15) is 5.69 Å². The highest BCUT2D eigenvalue weighted by Crippen LogP contribution is 2.23. The summed E-state index contributed by atoms with van der Waals surface area (Å²) in [4.78, 5) is 23.9. The van der Waals surface area contributed by atoms with E-state index >= 15 is 0 Å². The van der Waals surface area contributed by atoms with Crippen molar-refractivity contribution in [1.82, 2.24) is 4.57 Å². The lowest BCUT2D eigenvalue weighted by Gasteiger charge is -2.09. The van der Waals surface area contributed by atoms with E-state index in [9.17, 15) is 14.7 Å². The molecule has 23 heavy (non-hydrogen) atoms. The average Bonchev–Trinajstić information content (AvgIpc) is 2.86. The molecule has 0 bridgehead atoms. The summed E-state index contributed by atoms with van der Waals surface area (Å²) in [5.41, 5.74) is 1.69. The number of aromatic nitrogens is 1. The van der Waals surface area contributed by atoms with Crippen LogP contribution in [0.5, 0.6) is 0 Å². The van der Waals surface area contributed by atoms with Crippen LogP contribution in [0.4, 0.5) is 5.69 Å². The molecular formula is C17H13BrN2O3. The lowest BCUT2D eigenvalue weighted by Crippen LogP contribution is -2.17. The number of carbonyl (C=O) groups excluding carboxylic acids is 1. The monoisotopic (exact) mass is 372 g/mol. The number of nitrogens with zero attached hydrogens (tertiary/aromatic N) is 1. The number of hydrogen-bond donors (Lipinski definition) is 2. The van der Waals surface area contributed by atoms with E-state index in [0.717, 1.165) is 10.9 Å². The number of anilines is 1. The molecule has 5 nitrogen and oxygen atoms in total. The molecule has 0 aliphatic carbocycles. The molecule has 0 saturated carbocycles. The summed E-state index contributed by atoms with van der Waals surface area (Å²) in [6, 6.07) is 14.1. The van der Waals surface area contributed by atoms with E-state index in [-0.39, 0.29) is 17.2 Å². The molecular weight excluding hydrogens is 360 g/mol. The first-order valence-electron chi connectivity index (χ1n) is 6.86. The number of carboxylic acids is 1. The first kappa shape index (κ1) is 15.3. The van der Waals surface area contributed by atoms with Crippen molar-refractivity contribution >= 4 is 44.4 Å². The van der Waals surface area contributed by atoms with Gasteiger partial charge in [0.05, 0.1) is 11.3 Å². The zero-order chi connectivity index (χ0) is 16.6. The molecule has 1 aromatic heterocycles. The Morgan fingerprint density at radius 3 is 2.57 bits per heavy atom. The van der Waals surface area contributed by atoms with Gasteiger partial charge in [-0.05, 0) is 30.3 Å². The third-order valence-electron chi connectivity index (χ3n) is 3.64. The molecule has 116 valence electrons. The predicted molar refractivity (Wildman–Crippen MR) is 92.0 cm³/mol. The van der Waals surface area contributed by atoms with E-state index in [0.29, 0.717) is 10.2 Å². The van der Waals surface area contributed by atoms with E-state index < -0.39 is 5.97 Å². The van der Waals surface area contributed by atoms with E-state index in [1.165, 1.54) is 6.07 Å². The van der Waals surface area contributed by atoms with Crippen molar-refractivity contribution in [1.29, 1.82) is 0 Å². The van der Waals surface area contributed by atoms with E-state index in [2.05, 4.69) is 21.2 Å². The van der Waals surface area contributed by atoms with Gasteiger partial charge >= 0.3 is 5.97 Å². The fourth-order valence-electron chi connectivity index (χ4n) is 2.50. The molecule has 0 atom stereocenters. The molecule has 2 N–H and O–H groups in total. The summed E-state index contributed by atoms with van der Waals surface area (Å²) in [5, 5.41) is 12.9. The van der Waals surface area contributed by atoms with Crippen LogP contribution >= 0.6 is 15.9 Å². The van der Waals surface area contributed by atoms with Gasteiger partial charge in [0, 0.05) is 22.4 Å². The van der Waals surface area contributed by atoms with Gasteiger partial charge in [-0.25, -0.2) is 4.79 Å². The minimum absolute atomic E-state index is 0.0338. The zero-order valence-corrected chi connectivity index (χ0v) is 13.8. The van der Waals surface area contributed by atoms with Crippen molar-refractivity contribution in [2.24, 2.45) is 7.05 Å². The highest BCUT2D eigenvalue weighted by Gasteiger charge is 2.17. The number of carboxylic acid groups (broad SMARTS) is 1. The molecule has 6 heteroatoms. The molecule has 0 radical (unpaired) electrons. The molecule has 0 spiro atoms. The average molecular weight is 373 g/mol. The van der Waals surface area contributed by atoms with Crippen LogP contribution < -0.4 is 5.32 Å². The second-order valence-corrected chi connectivity index (χ2v) is 6.01. The molecule has 1 heterocycles. The van der Waals surface area contributed by atoms with Crippen LogP contribution in [0.2, 0.25) is 0 Å². The van der Waals surface area contributed by atoms with Gasteiger partial charge in [-0.3, -0.25) is 4.79 Å². The van der Waals surface area contributed by atoms with Gasteiger partial charge in [-0.2, -0.15) is 0 Å². The van der Waals surface area contributed by atoms with Gasteiger partial charge in [0.25, 0.3) is 5.91 Å². The predicted octanol–water partition coefficient (Wildman–Crippen LogP) is 3.89. The number of aryl methyl sites for hydroxylation is 1. The van der Waals surface area contributed by atoms with E-state index in [4.69, 9.17) is 0 Å². The standard InChI is InChI=1S/C17H13BrN2O3/c1-20-14-5-3-2-4-10(14)8-15(20)16(21)19-13-7-6-11(18)9-12(13)17(22)23/h2-9H,1H3,(H,19,21)(H,22,23). The maximum atomic E-state index is 12.5. The Morgan fingerprint density at radius 1 is 1.13 bits per heavy atom. The Bertz CT molecular complexity index is 931. The third-order valence-corrected chi connectivity index (χ3v) is 4.14. The molecule has 0 unspecified atom stereocenters. The van der Waals surface area contributed by atoms with Crippen molar-refractivity contribution in [3.8, 4) is 0 Å².